The van der Waals surface area contributed by atoms with Crippen LogP contribution in [0.4, 0.5) is 13.2 Å². The van der Waals surface area contributed by atoms with Gasteiger partial charge in [-0.1, -0.05) is 0 Å². The molecule has 0 fully saturated rings. The van der Waals surface area contributed by atoms with Gasteiger partial charge in [-0.3, -0.25) is 4.68 Å². The van der Waals surface area contributed by atoms with Crippen molar-refractivity contribution in [2.24, 2.45) is 0 Å². The summed E-state index contributed by atoms with van der Waals surface area (Å²) in [5, 5.41) is 12.2. The highest BCUT2D eigenvalue weighted by atomic mass is 19.4. The molecule has 1 aromatic carbocycles. The van der Waals surface area contributed by atoms with Gasteiger partial charge in [-0.2, -0.15) is 23.5 Å². The number of aromatic nitrogens is 2. The maximum atomic E-state index is 12.3. The number of halogens is 3. The Hall–Kier alpha value is -2.49. The average Bonchev–Trinajstić information content (AvgIpc) is 2.88. The van der Waals surface area contributed by atoms with Crippen molar-refractivity contribution < 1.29 is 17.9 Å². The largest absolute Gasteiger partial charge is 0.492 e. The number of rotatable bonds is 4. The fourth-order valence-corrected chi connectivity index (χ4v) is 1.51. The van der Waals surface area contributed by atoms with E-state index in [-0.39, 0.29) is 13.2 Å². The second kappa shape index (κ2) is 5.65. The highest BCUT2D eigenvalue weighted by Crippen LogP contribution is 2.28. The minimum absolute atomic E-state index is 0.185. The number of nitrogens with zero attached hydrogens (tertiary/aromatic N) is 3. The number of hydrogen-bond donors (Lipinski definition) is 0. The predicted molar refractivity (Wildman–Crippen MR) is 63.9 cm³/mol. The minimum atomic E-state index is -4.38. The number of hydrogen-bond acceptors (Lipinski definition) is 3. The molecule has 0 aliphatic heterocycles. The summed E-state index contributed by atoms with van der Waals surface area (Å²) < 4.78 is 43.6. The Labute approximate surface area is 113 Å². The van der Waals surface area contributed by atoms with E-state index in [0.717, 1.165) is 12.4 Å². The van der Waals surface area contributed by atoms with Crippen molar-refractivity contribution in [3.63, 3.8) is 0 Å². The Morgan fingerprint density at radius 1 is 1.25 bits per heavy atom. The maximum absolute atomic E-state index is 12.3. The summed E-state index contributed by atoms with van der Waals surface area (Å²) in [4.78, 5) is 0. The molecule has 0 spiro atoms. The van der Waals surface area contributed by atoms with Gasteiger partial charge in [-0.15, -0.1) is 0 Å². The highest BCUT2D eigenvalue weighted by molar-refractivity contribution is 5.34. The summed E-state index contributed by atoms with van der Waals surface area (Å²) in [6.07, 6.45) is -2.67. The normalized spacial score (nSPS) is 11.1. The topological polar surface area (TPSA) is 50.8 Å². The SMILES string of the molecule is N#Cc1ccc(OCCn2cc(C(F)(F)F)cn2)cc1. The molecule has 20 heavy (non-hydrogen) atoms. The first-order valence-electron chi connectivity index (χ1n) is 5.71. The van der Waals surface area contributed by atoms with E-state index >= 15 is 0 Å². The molecule has 0 aliphatic rings. The molecule has 0 atom stereocenters. The lowest BCUT2D eigenvalue weighted by atomic mass is 10.2. The third-order valence-electron chi connectivity index (χ3n) is 2.53. The van der Waals surface area contributed by atoms with Crippen molar-refractivity contribution >= 4 is 0 Å². The molecule has 0 saturated heterocycles. The lowest BCUT2D eigenvalue weighted by molar-refractivity contribution is -0.137. The van der Waals surface area contributed by atoms with Crippen LogP contribution in [0.1, 0.15) is 11.1 Å². The Morgan fingerprint density at radius 2 is 1.95 bits per heavy atom. The molecule has 0 amide bonds. The van der Waals surface area contributed by atoms with Gasteiger partial charge in [0.1, 0.15) is 12.4 Å². The molecule has 0 saturated carbocycles. The van der Waals surface area contributed by atoms with Gasteiger partial charge in [0.15, 0.2) is 0 Å². The van der Waals surface area contributed by atoms with Crippen LogP contribution in [0.2, 0.25) is 0 Å². The molecule has 4 nitrogen and oxygen atoms in total. The van der Waals surface area contributed by atoms with Crippen LogP contribution in [-0.4, -0.2) is 16.4 Å². The van der Waals surface area contributed by atoms with E-state index in [1.807, 2.05) is 6.07 Å². The lowest BCUT2D eigenvalue weighted by Crippen LogP contribution is -2.09. The monoisotopic (exact) mass is 281 g/mol. The van der Waals surface area contributed by atoms with E-state index in [9.17, 15) is 13.2 Å². The van der Waals surface area contributed by atoms with Crippen molar-refractivity contribution in [3.8, 4) is 11.8 Å². The molecule has 0 unspecified atom stereocenters. The van der Waals surface area contributed by atoms with Crippen molar-refractivity contribution in [3.05, 3.63) is 47.8 Å². The Bertz CT molecular complexity index is 611. The molecule has 2 aromatic rings. The van der Waals surface area contributed by atoms with E-state index in [0.29, 0.717) is 11.3 Å². The Morgan fingerprint density at radius 3 is 2.50 bits per heavy atom. The van der Waals surface area contributed by atoms with Crippen LogP contribution in [0.15, 0.2) is 36.7 Å². The third-order valence-corrected chi connectivity index (χ3v) is 2.53. The summed E-state index contributed by atoms with van der Waals surface area (Å²) in [7, 11) is 0. The summed E-state index contributed by atoms with van der Waals surface area (Å²) in [5.74, 6) is 0.548. The molecule has 0 bridgehead atoms. The second-order valence-electron chi connectivity index (χ2n) is 3.97. The van der Waals surface area contributed by atoms with Crippen LogP contribution in [0, 0.1) is 11.3 Å². The first-order valence-corrected chi connectivity index (χ1v) is 5.71. The molecule has 1 aromatic heterocycles. The zero-order valence-corrected chi connectivity index (χ0v) is 10.3. The van der Waals surface area contributed by atoms with Crippen molar-refractivity contribution in [1.29, 1.82) is 5.26 Å². The number of ether oxygens (including phenoxy) is 1. The van der Waals surface area contributed by atoms with Crippen LogP contribution in [0.3, 0.4) is 0 Å². The van der Waals surface area contributed by atoms with Gasteiger partial charge in [-0.25, -0.2) is 0 Å². The molecule has 0 aliphatic carbocycles. The summed E-state index contributed by atoms with van der Waals surface area (Å²) in [5.41, 5.74) is -0.268. The number of alkyl halides is 3. The third kappa shape index (κ3) is 3.51. The first-order chi connectivity index (χ1) is 9.49. The fraction of sp³-hybridized carbons (Fsp3) is 0.231. The van der Waals surface area contributed by atoms with Crippen LogP contribution in [0.5, 0.6) is 5.75 Å². The van der Waals surface area contributed by atoms with Crippen LogP contribution < -0.4 is 4.74 Å². The molecular weight excluding hydrogens is 271 g/mol. The molecule has 1 heterocycles. The smallest absolute Gasteiger partial charge is 0.419 e. The summed E-state index contributed by atoms with van der Waals surface area (Å²) in [6, 6.07) is 8.44. The van der Waals surface area contributed by atoms with Crippen LogP contribution in [-0.2, 0) is 12.7 Å². The standard InChI is InChI=1S/C13H10F3N3O/c14-13(15,16)11-8-18-19(9-11)5-6-20-12-3-1-10(7-17)2-4-12/h1-4,8-9H,5-6H2. The molecule has 0 radical (unpaired) electrons. The van der Waals surface area contributed by atoms with Gasteiger partial charge in [0, 0.05) is 6.20 Å². The molecule has 0 N–H and O–H groups in total. The van der Waals surface area contributed by atoms with Gasteiger partial charge < -0.3 is 4.74 Å². The van der Waals surface area contributed by atoms with E-state index in [2.05, 4.69) is 5.10 Å². The molecular formula is C13H10F3N3O. The van der Waals surface area contributed by atoms with Gasteiger partial charge >= 0.3 is 6.18 Å². The zero-order valence-electron chi connectivity index (χ0n) is 10.3. The number of benzene rings is 1. The molecule has 104 valence electrons. The summed E-state index contributed by atoms with van der Waals surface area (Å²) >= 11 is 0. The minimum Gasteiger partial charge on any atom is -0.492 e. The van der Waals surface area contributed by atoms with Gasteiger partial charge in [0.25, 0.3) is 0 Å². The van der Waals surface area contributed by atoms with Gasteiger partial charge in [0.2, 0.25) is 0 Å². The quantitative estimate of drug-likeness (QED) is 0.865. The van der Waals surface area contributed by atoms with Gasteiger partial charge in [0.05, 0.1) is 29.9 Å². The Kier molecular flexibility index (Phi) is 3.94. The van der Waals surface area contributed by atoms with Crippen molar-refractivity contribution in [2.45, 2.75) is 12.7 Å². The maximum Gasteiger partial charge on any atom is 0.419 e. The van der Waals surface area contributed by atoms with Crippen LogP contribution in [0.25, 0.3) is 0 Å². The van der Waals surface area contributed by atoms with E-state index < -0.39 is 11.7 Å². The molecule has 7 heteroatoms. The molecule has 2 rings (SSSR count). The van der Waals surface area contributed by atoms with E-state index in [1.165, 1.54) is 4.68 Å². The van der Waals surface area contributed by atoms with Crippen molar-refractivity contribution in [1.82, 2.24) is 9.78 Å². The Balaban J connectivity index is 1.86. The predicted octanol–water partition coefficient (Wildman–Crippen LogP) is 2.85. The van der Waals surface area contributed by atoms with E-state index in [4.69, 9.17) is 10.00 Å². The van der Waals surface area contributed by atoms with Crippen molar-refractivity contribution in [2.75, 3.05) is 6.61 Å². The zero-order chi connectivity index (χ0) is 14.6. The first kappa shape index (κ1) is 13.9. The lowest BCUT2D eigenvalue weighted by Gasteiger charge is -2.06. The average molecular weight is 281 g/mol. The van der Waals surface area contributed by atoms with Gasteiger partial charge in [-0.05, 0) is 24.3 Å². The summed E-state index contributed by atoms with van der Waals surface area (Å²) in [6.45, 7) is 0.390. The highest BCUT2D eigenvalue weighted by Gasteiger charge is 2.32. The van der Waals surface area contributed by atoms with Crippen LogP contribution >= 0.6 is 0 Å². The second-order valence-corrected chi connectivity index (χ2v) is 3.97. The fourth-order valence-electron chi connectivity index (χ4n) is 1.51. The van der Waals surface area contributed by atoms with E-state index in [1.54, 1.807) is 24.3 Å². The number of nitriles is 1.